The van der Waals surface area contributed by atoms with Crippen molar-refractivity contribution in [2.24, 2.45) is 18.0 Å². The molecule has 26 heavy (non-hydrogen) atoms. The van der Waals surface area contributed by atoms with Crippen LogP contribution in [0.2, 0.25) is 0 Å². The Kier molecular flexibility index (Phi) is 7.28. The maximum absolute atomic E-state index is 13.0. The van der Waals surface area contributed by atoms with Crippen LogP contribution in [0.1, 0.15) is 57.1 Å². The van der Waals surface area contributed by atoms with Gasteiger partial charge >= 0.3 is 6.18 Å². The molecular weight excluding hydrogens is 345 g/mol. The molecule has 2 atom stereocenters. The molecular formula is C17H29F3N6. The molecule has 148 valence electrons. The van der Waals surface area contributed by atoms with E-state index in [1.165, 1.54) is 0 Å². The Morgan fingerprint density at radius 1 is 1.31 bits per heavy atom. The molecule has 1 aromatic rings. The van der Waals surface area contributed by atoms with Crippen LogP contribution in [-0.2, 0) is 13.6 Å². The average molecular weight is 374 g/mol. The normalized spacial score (nSPS) is 21.7. The molecule has 0 aliphatic heterocycles. The molecule has 9 heteroatoms. The van der Waals surface area contributed by atoms with Crippen molar-refractivity contribution in [1.82, 2.24) is 25.4 Å². The van der Waals surface area contributed by atoms with Gasteiger partial charge in [-0.15, -0.1) is 10.2 Å². The number of unbranched alkanes of at least 4 members (excludes halogenated alkanes) is 1. The Labute approximate surface area is 152 Å². The van der Waals surface area contributed by atoms with Crippen molar-refractivity contribution in [3.63, 3.8) is 0 Å². The van der Waals surface area contributed by atoms with Gasteiger partial charge in [-0.1, -0.05) is 19.8 Å². The number of guanidine groups is 1. The SMILES string of the molecule is CCCCNC(=NCc1nnc(C)n1C)NC1CCCC(C(F)(F)F)C1. The zero-order chi connectivity index (χ0) is 19.2. The first-order valence-corrected chi connectivity index (χ1v) is 9.27. The van der Waals surface area contributed by atoms with E-state index in [0.717, 1.165) is 37.5 Å². The van der Waals surface area contributed by atoms with Crippen molar-refractivity contribution in [1.29, 1.82) is 0 Å². The molecule has 1 aliphatic rings. The van der Waals surface area contributed by atoms with Gasteiger partial charge in [0.25, 0.3) is 0 Å². The van der Waals surface area contributed by atoms with Crippen LogP contribution < -0.4 is 10.6 Å². The van der Waals surface area contributed by atoms with E-state index >= 15 is 0 Å². The van der Waals surface area contributed by atoms with Crippen molar-refractivity contribution >= 4 is 5.96 Å². The highest BCUT2D eigenvalue weighted by Gasteiger charge is 2.42. The average Bonchev–Trinajstić information content (AvgIpc) is 2.91. The summed E-state index contributed by atoms with van der Waals surface area (Å²) in [4.78, 5) is 4.51. The fourth-order valence-corrected chi connectivity index (χ4v) is 3.09. The summed E-state index contributed by atoms with van der Waals surface area (Å²) in [5.41, 5.74) is 0. The Hall–Kier alpha value is -1.80. The van der Waals surface area contributed by atoms with Crippen molar-refractivity contribution in [3.05, 3.63) is 11.6 Å². The minimum Gasteiger partial charge on any atom is -0.356 e. The maximum atomic E-state index is 13.0. The Morgan fingerprint density at radius 3 is 2.69 bits per heavy atom. The van der Waals surface area contributed by atoms with Gasteiger partial charge < -0.3 is 15.2 Å². The predicted molar refractivity (Wildman–Crippen MR) is 94.7 cm³/mol. The number of hydrogen-bond donors (Lipinski definition) is 2. The van der Waals surface area contributed by atoms with E-state index in [2.05, 4.69) is 32.7 Å². The summed E-state index contributed by atoms with van der Waals surface area (Å²) in [6.07, 6.45) is -0.501. The van der Waals surface area contributed by atoms with Crippen LogP contribution in [0.5, 0.6) is 0 Å². The Morgan fingerprint density at radius 2 is 2.08 bits per heavy atom. The first-order valence-electron chi connectivity index (χ1n) is 9.27. The molecule has 0 saturated heterocycles. The van der Waals surface area contributed by atoms with Gasteiger partial charge in [-0.05, 0) is 32.6 Å². The third kappa shape index (κ3) is 5.88. The first-order chi connectivity index (χ1) is 12.3. The fraction of sp³-hybridized carbons (Fsp3) is 0.824. The number of alkyl halides is 3. The van der Waals surface area contributed by atoms with Crippen LogP contribution in [0.4, 0.5) is 13.2 Å². The van der Waals surface area contributed by atoms with E-state index in [1.54, 1.807) is 0 Å². The lowest BCUT2D eigenvalue weighted by molar-refractivity contribution is -0.183. The van der Waals surface area contributed by atoms with Gasteiger partial charge in [-0.2, -0.15) is 13.2 Å². The molecule has 2 rings (SSSR count). The zero-order valence-electron chi connectivity index (χ0n) is 15.7. The molecule has 1 aliphatic carbocycles. The van der Waals surface area contributed by atoms with Crippen molar-refractivity contribution < 1.29 is 13.2 Å². The summed E-state index contributed by atoms with van der Waals surface area (Å²) in [5, 5.41) is 14.5. The number of halogens is 3. The highest BCUT2D eigenvalue weighted by Crippen LogP contribution is 2.37. The molecule has 0 radical (unpaired) electrons. The molecule has 1 aromatic heterocycles. The van der Waals surface area contributed by atoms with Crippen LogP contribution in [0.15, 0.2) is 4.99 Å². The summed E-state index contributed by atoms with van der Waals surface area (Å²) in [6, 6.07) is -0.218. The minimum atomic E-state index is -4.12. The second-order valence-electron chi connectivity index (χ2n) is 6.91. The summed E-state index contributed by atoms with van der Waals surface area (Å²) in [5.74, 6) is 0.832. The number of nitrogens with zero attached hydrogens (tertiary/aromatic N) is 4. The molecule has 0 amide bonds. The third-order valence-corrected chi connectivity index (χ3v) is 4.86. The number of nitrogens with one attached hydrogen (secondary N) is 2. The van der Waals surface area contributed by atoms with Crippen LogP contribution >= 0.6 is 0 Å². The highest BCUT2D eigenvalue weighted by molar-refractivity contribution is 5.80. The van der Waals surface area contributed by atoms with Gasteiger partial charge in [0, 0.05) is 19.6 Å². The van der Waals surface area contributed by atoms with E-state index < -0.39 is 12.1 Å². The quantitative estimate of drug-likeness (QED) is 0.456. The van der Waals surface area contributed by atoms with E-state index in [4.69, 9.17) is 0 Å². The van der Waals surface area contributed by atoms with Gasteiger partial charge in [0.15, 0.2) is 11.8 Å². The third-order valence-electron chi connectivity index (χ3n) is 4.86. The highest BCUT2D eigenvalue weighted by atomic mass is 19.4. The summed E-state index contributed by atoms with van der Waals surface area (Å²) in [6.45, 7) is 5.01. The number of aromatic nitrogens is 3. The van der Waals surface area contributed by atoms with E-state index in [1.807, 2.05) is 18.5 Å². The maximum Gasteiger partial charge on any atom is 0.391 e. The Bertz CT molecular complexity index is 596. The van der Waals surface area contributed by atoms with E-state index in [9.17, 15) is 13.2 Å². The zero-order valence-corrected chi connectivity index (χ0v) is 15.7. The number of hydrogen-bond acceptors (Lipinski definition) is 3. The lowest BCUT2D eigenvalue weighted by atomic mass is 9.85. The molecule has 2 unspecified atom stereocenters. The van der Waals surface area contributed by atoms with Gasteiger partial charge in [0.2, 0.25) is 0 Å². The van der Waals surface area contributed by atoms with Crippen molar-refractivity contribution in [2.75, 3.05) is 6.54 Å². The van der Waals surface area contributed by atoms with Gasteiger partial charge in [0.1, 0.15) is 12.4 Å². The topological polar surface area (TPSA) is 67.1 Å². The van der Waals surface area contributed by atoms with Crippen molar-refractivity contribution in [3.8, 4) is 0 Å². The van der Waals surface area contributed by atoms with Gasteiger partial charge in [-0.25, -0.2) is 4.99 Å². The van der Waals surface area contributed by atoms with Crippen molar-refractivity contribution in [2.45, 2.75) is 71.1 Å². The molecule has 0 spiro atoms. The number of aryl methyl sites for hydroxylation is 1. The second kappa shape index (κ2) is 9.23. The lowest BCUT2D eigenvalue weighted by Crippen LogP contribution is -2.47. The first kappa shape index (κ1) is 20.5. The van der Waals surface area contributed by atoms with Crippen LogP contribution in [-0.4, -0.2) is 39.5 Å². The standard InChI is InChI=1S/C17H29F3N6/c1-4-5-9-21-16(22-11-15-25-24-12(2)26(15)3)23-14-8-6-7-13(10-14)17(18,19)20/h13-14H,4-11H2,1-3H3,(H2,21,22,23). The summed E-state index contributed by atoms with van der Waals surface area (Å²) >= 11 is 0. The largest absolute Gasteiger partial charge is 0.391 e. The second-order valence-corrected chi connectivity index (χ2v) is 6.91. The van der Waals surface area contributed by atoms with Crippen LogP contribution in [0.25, 0.3) is 0 Å². The van der Waals surface area contributed by atoms with E-state index in [0.29, 0.717) is 18.9 Å². The smallest absolute Gasteiger partial charge is 0.356 e. The molecule has 6 nitrogen and oxygen atoms in total. The molecule has 1 heterocycles. The fourth-order valence-electron chi connectivity index (χ4n) is 3.09. The molecule has 0 aromatic carbocycles. The monoisotopic (exact) mass is 374 g/mol. The lowest BCUT2D eigenvalue weighted by Gasteiger charge is -2.32. The summed E-state index contributed by atoms with van der Waals surface area (Å²) < 4.78 is 40.9. The minimum absolute atomic E-state index is 0.0983. The molecule has 1 fully saturated rings. The van der Waals surface area contributed by atoms with Gasteiger partial charge in [0.05, 0.1) is 5.92 Å². The summed E-state index contributed by atoms with van der Waals surface area (Å²) in [7, 11) is 1.87. The molecule has 1 saturated carbocycles. The molecule has 2 N–H and O–H groups in total. The molecule has 0 bridgehead atoms. The Balaban J connectivity index is 2.01. The van der Waals surface area contributed by atoms with Crippen LogP contribution in [0, 0.1) is 12.8 Å². The number of aliphatic imine (C=N–C) groups is 1. The predicted octanol–water partition coefficient (Wildman–Crippen LogP) is 3.08. The van der Waals surface area contributed by atoms with Gasteiger partial charge in [-0.3, -0.25) is 0 Å². The van der Waals surface area contributed by atoms with E-state index in [-0.39, 0.29) is 18.9 Å². The van der Waals surface area contributed by atoms with Crippen LogP contribution in [0.3, 0.4) is 0 Å². The number of rotatable bonds is 6.